The van der Waals surface area contributed by atoms with Crippen LogP contribution in [-0.4, -0.2) is 35.2 Å². The van der Waals surface area contributed by atoms with Crippen molar-refractivity contribution in [2.75, 3.05) is 18.6 Å². The summed E-state index contributed by atoms with van der Waals surface area (Å²) in [6, 6.07) is 6.38. The lowest BCUT2D eigenvalue weighted by Crippen LogP contribution is -2.48. The second-order valence-electron chi connectivity index (χ2n) is 4.84. The zero-order chi connectivity index (χ0) is 14.5. The fourth-order valence-electron chi connectivity index (χ4n) is 2.51. The van der Waals surface area contributed by atoms with Crippen molar-refractivity contribution in [2.24, 2.45) is 5.84 Å². The Balaban J connectivity index is 2.15. The van der Waals surface area contributed by atoms with Gasteiger partial charge in [0.05, 0.1) is 7.11 Å². The third kappa shape index (κ3) is 4.07. The monoisotopic (exact) mass is 376 g/mol. The molecule has 0 radical (unpaired) electrons. The minimum Gasteiger partial charge on any atom is -0.496 e. The van der Waals surface area contributed by atoms with E-state index in [4.69, 9.17) is 10.6 Å². The lowest BCUT2D eigenvalue weighted by molar-refractivity contribution is 0.403. The summed E-state index contributed by atoms with van der Waals surface area (Å²) >= 11 is 7.59. The molecule has 0 bridgehead atoms. The Labute approximate surface area is 137 Å². The van der Waals surface area contributed by atoms with Crippen LogP contribution >= 0.6 is 39.5 Å². The van der Waals surface area contributed by atoms with Gasteiger partial charge in [0, 0.05) is 32.5 Å². The van der Waals surface area contributed by atoms with E-state index >= 15 is 0 Å². The topological polar surface area (TPSA) is 47.3 Å². The lowest BCUT2D eigenvalue weighted by atomic mass is 10.0. The first-order chi connectivity index (χ1) is 9.65. The summed E-state index contributed by atoms with van der Waals surface area (Å²) < 4.78 is 6.53. The van der Waals surface area contributed by atoms with Crippen molar-refractivity contribution in [3.8, 4) is 5.75 Å². The van der Waals surface area contributed by atoms with Gasteiger partial charge >= 0.3 is 0 Å². The number of nitrogens with one attached hydrogen (secondary N) is 1. The van der Waals surface area contributed by atoms with Crippen molar-refractivity contribution in [3.05, 3.63) is 28.2 Å². The van der Waals surface area contributed by atoms with Gasteiger partial charge in [0.15, 0.2) is 0 Å². The van der Waals surface area contributed by atoms with E-state index in [2.05, 4.69) is 34.3 Å². The summed E-state index contributed by atoms with van der Waals surface area (Å²) in [7, 11) is 1.71. The van der Waals surface area contributed by atoms with E-state index in [-0.39, 0.29) is 6.04 Å². The van der Waals surface area contributed by atoms with Crippen molar-refractivity contribution >= 4 is 39.5 Å². The van der Waals surface area contributed by atoms with Crippen LogP contribution in [-0.2, 0) is 6.42 Å². The van der Waals surface area contributed by atoms with Crippen LogP contribution in [0, 0.1) is 0 Å². The molecular formula is C14H21BrN2OS2. The molecule has 1 aliphatic rings. The first-order valence-corrected chi connectivity index (χ1v) is 9.56. The maximum absolute atomic E-state index is 5.82. The van der Waals surface area contributed by atoms with Crippen molar-refractivity contribution < 1.29 is 4.74 Å². The molecule has 1 aromatic carbocycles. The minimum absolute atomic E-state index is 0.256. The van der Waals surface area contributed by atoms with Gasteiger partial charge in [0.1, 0.15) is 5.75 Å². The number of nitrogens with two attached hydrogens (primary N) is 1. The number of hydrogen-bond acceptors (Lipinski definition) is 5. The van der Waals surface area contributed by atoms with Crippen LogP contribution in [0.15, 0.2) is 22.7 Å². The zero-order valence-electron chi connectivity index (χ0n) is 11.8. The van der Waals surface area contributed by atoms with Gasteiger partial charge in [-0.15, -0.1) is 0 Å². The predicted octanol–water partition coefficient (Wildman–Crippen LogP) is 3.07. The van der Waals surface area contributed by atoms with Crippen LogP contribution in [0.2, 0.25) is 0 Å². The Morgan fingerprint density at radius 2 is 2.20 bits per heavy atom. The van der Waals surface area contributed by atoms with E-state index < -0.39 is 0 Å². The average molecular weight is 377 g/mol. The maximum atomic E-state index is 5.82. The van der Waals surface area contributed by atoms with Gasteiger partial charge in [0.25, 0.3) is 0 Å². The van der Waals surface area contributed by atoms with E-state index in [1.54, 1.807) is 7.11 Å². The van der Waals surface area contributed by atoms with Gasteiger partial charge in [-0.05, 0) is 30.2 Å². The summed E-state index contributed by atoms with van der Waals surface area (Å²) in [6.45, 7) is 2.30. The Hall–Kier alpha value is 0.120. The molecule has 6 heteroatoms. The number of rotatable bonds is 5. The minimum atomic E-state index is 0.256. The Morgan fingerprint density at radius 3 is 2.85 bits per heavy atom. The molecule has 0 spiro atoms. The number of thioether (sulfide) groups is 2. The summed E-state index contributed by atoms with van der Waals surface area (Å²) in [6.07, 6.45) is 0.877. The molecule has 3 N–H and O–H groups in total. The highest BCUT2D eigenvalue weighted by molar-refractivity contribution is 9.10. The normalized spacial score (nSPS) is 24.4. The zero-order valence-corrected chi connectivity index (χ0v) is 15.0. The van der Waals surface area contributed by atoms with Crippen LogP contribution in [0.3, 0.4) is 0 Å². The molecule has 0 amide bonds. The van der Waals surface area contributed by atoms with E-state index in [0.717, 1.165) is 16.6 Å². The highest BCUT2D eigenvalue weighted by atomic mass is 79.9. The second-order valence-corrected chi connectivity index (χ2v) is 8.53. The van der Waals surface area contributed by atoms with Crippen LogP contribution in [0.25, 0.3) is 0 Å². The highest BCUT2D eigenvalue weighted by Gasteiger charge is 2.30. The first-order valence-electron chi connectivity index (χ1n) is 6.67. The fourth-order valence-corrected chi connectivity index (χ4v) is 5.86. The number of hydrazine groups is 1. The fraction of sp³-hybridized carbons (Fsp3) is 0.571. The molecule has 0 saturated carbocycles. The third-order valence-corrected chi connectivity index (χ3v) is 7.27. The molecule has 3 unspecified atom stereocenters. The van der Waals surface area contributed by atoms with Gasteiger partial charge in [-0.2, -0.15) is 23.5 Å². The SMILES string of the molecule is COc1ccc(Br)cc1CC(NN)C1SCCSC1C. The molecule has 1 fully saturated rings. The molecule has 3 nitrogen and oxygen atoms in total. The number of methoxy groups -OCH3 is 1. The van der Waals surface area contributed by atoms with Crippen LogP contribution < -0.4 is 16.0 Å². The molecule has 1 aromatic rings. The Kier molecular flexibility index (Phi) is 6.55. The number of benzene rings is 1. The molecule has 112 valence electrons. The Morgan fingerprint density at radius 1 is 1.45 bits per heavy atom. The quantitative estimate of drug-likeness (QED) is 0.610. The summed E-state index contributed by atoms with van der Waals surface area (Å²) in [5, 5.41) is 1.15. The van der Waals surface area contributed by atoms with Gasteiger partial charge < -0.3 is 4.74 Å². The average Bonchev–Trinajstić information content (AvgIpc) is 2.46. The highest BCUT2D eigenvalue weighted by Crippen LogP contribution is 2.35. The smallest absolute Gasteiger partial charge is 0.122 e. The molecule has 20 heavy (non-hydrogen) atoms. The Bertz CT molecular complexity index is 447. The number of hydrogen-bond donors (Lipinski definition) is 2. The number of ether oxygens (including phenoxy) is 1. The molecule has 2 rings (SSSR count). The predicted molar refractivity (Wildman–Crippen MR) is 93.7 cm³/mol. The van der Waals surface area contributed by atoms with Crippen LogP contribution in [0.4, 0.5) is 0 Å². The molecule has 1 heterocycles. The van der Waals surface area contributed by atoms with Crippen molar-refractivity contribution in [1.29, 1.82) is 0 Å². The standard InChI is InChI=1S/C14H21BrN2OS2/c1-9-14(20-6-5-19-9)12(17-16)8-10-7-11(15)3-4-13(10)18-2/h3-4,7,9,12,14,17H,5-6,8,16H2,1-2H3. The van der Waals surface area contributed by atoms with Crippen LogP contribution in [0.5, 0.6) is 5.75 Å². The maximum Gasteiger partial charge on any atom is 0.122 e. The largest absolute Gasteiger partial charge is 0.496 e. The van der Waals surface area contributed by atoms with Gasteiger partial charge in [-0.3, -0.25) is 11.3 Å². The van der Waals surface area contributed by atoms with Crippen molar-refractivity contribution in [2.45, 2.75) is 29.9 Å². The van der Waals surface area contributed by atoms with Crippen LogP contribution in [0.1, 0.15) is 12.5 Å². The molecular weight excluding hydrogens is 356 g/mol. The summed E-state index contributed by atoms with van der Waals surface area (Å²) in [4.78, 5) is 0. The van der Waals surface area contributed by atoms with Gasteiger partial charge in [-0.25, -0.2) is 0 Å². The van der Waals surface area contributed by atoms with Crippen molar-refractivity contribution in [3.63, 3.8) is 0 Å². The van der Waals surface area contributed by atoms with Crippen molar-refractivity contribution in [1.82, 2.24) is 5.43 Å². The molecule has 1 aliphatic heterocycles. The van der Waals surface area contributed by atoms with E-state index in [0.29, 0.717) is 10.5 Å². The molecule has 3 atom stereocenters. The third-order valence-electron chi connectivity index (χ3n) is 3.53. The van der Waals surface area contributed by atoms with E-state index in [9.17, 15) is 0 Å². The molecule has 0 aliphatic carbocycles. The van der Waals surface area contributed by atoms with Gasteiger partial charge in [-0.1, -0.05) is 22.9 Å². The molecule has 1 saturated heterocycles. The lowest BCUT2D eigenvalue weighted by Gasteiger charge is -2.34. The second kappa shape index (κ2) is 7.94. The van der Waals surface area contributed by atoms with E-state index in [1.165, 1.54) is 17.1 Å². The summed E-state index contributed by atoms with van der Waals surface area (Å²) in [5.41, 5.74) is 4.20. The first kappa shape index (κ1) is 16.5. The molecule has 0 aromatic heterocycles. The summed E-state index contributed by atoms with van der Waals surface area (Å²) in [5.74, 6) is 9.18. The number of halogens is 1. The van der Waals surface area contributed by atoms with Gasteiger partial charge in [0.2, 0.25) is 0 Å². The van der Waals surface area contributed by atoms with E-state index in [1.807, 2.05) is 35.7 Å².